The first-order valence-electron chi connectivity index (χ1n) is 2.97. The molecule has 1 aromatic rings. The maximum atomic E-state index is 12.0. The molecule has 3 N–H and O–H groups in total. The highest BCUT2D eigenvalue weighted by Gasteiger charge is 2.07. The van der Waals surface area contributed by atoms with E-state index >= 15 is 0 Å². The van der Waals surface area contributed by atoms with E-state index in [9.17, 15) is 8.78 Å². The number of anilines is 1. The number of nitrogens with two attached hydrogens (primary N) is 1. The Bertz CT molecular complexity index is 242. The molecular weight excluding hydrogens is 152 g/mol. The summed E-state index contributed by atoms with van der Waals surface area (Å²) >= 11 is 0. The molecule has 1 rings (SSSR count). The summed E-state index contributed by atoms with van der Waals surface area (Å²) in [5, 5.41) is 8.83. The van der Waals surface area contributed by atoms with Gasteiger partial charge in [-0.05, 0) is 12.1 Å². The minimum Gasteiger partial charge on any atom is -0.508 e. The molecular formula is C7H7F2NO. The average molecular weight is 159 g/mol. The number of phenols is 1. The number of benzene rings is 1. The van der Waals surface area contributed by atoms with Crippen LogP contribution in [0.15, 0.2) is 18.2 Å². The van der Waals surface area contributed by atoms with Gasteiger partial charge in [0.1, 0.15) is 5.75 Å². The lowest BCUT2D eigenvalue weighted by Crippen LogP contribution is -1.88. The highest BCUT2D eigenvalue weighted by Crippen LogP contribution is 2.25. The second kappa shape index (κ2) is 2.74. The van der Waals surface area contributed by atoms with Gasteiger partial charge in [0.05, 0.1) is 0 Å². The molecule has 0 aliphatic rings. The van der Waals surface area contributed by atoms with E-state index in [4.69, 9.17) is 10.8 Å². The molecule has 2 nitrogen and oxygen atoms in total. The zero-order valence-electron chi connectivity index (χ0n) is 5.59. The highest BCUT2D eigenvalue weighted by molar-refractivity contribution is 5.47. The summed E-state index contributed by atoms with van der Waals surface area (Å²) in [6, 6.07) is 3.33. The predicted octanol–water partition coefficient (Wildman–Crippen LogP) is 1.91. The van der Waals surface area contributed by atoms with Crippen LogP contribution in [0.1, 0.15) is 12.0 Å². The Morgan fingerprint density at radius 3 is 2.36 bits per heavy atom. The van der Waals surface area contributed by atoms with E-state index in [-0.39, 0.29) is 17.0 Å². The molecule has 0 unspecified atom stereocenters. The number of aromatic hydroxyl groups is 1. The Morgan fingerprint density at radius 2 is 1.91 bits per heavy atom. The highest BCUT2D eigenvalue weighted by atomic mass is 19.3. The van der Waals surface area contributed by atoms with Crippen LogP contribution in [0.5, 0.6) is 5.75 Å². The lowest BCUT2D eigenvalue weighted by Gasteiger charge is -2.01. The number of rotatable bonds is 1. The van der Waals surface area contributed by atoms with Crippen molar-refractivity contribution in [2.75, 3.05) is 5.73 Å². The Balaban J connectivity index is 3.08. The summed E-state index contributed by atoms with van der Waals surface area (Å²) in [7, 11) is 0. The summed E-state index contributed by atoms with van der Waals surface area (Å²) < 4.78 is 23.9. The van der Waals surface area contributed by atoms with E-state index in [0.717, 1.165) is 12.1 Å². The molecule has 0 heterocycles. The quantitative estimate of drug-likeness (QED) is 0.615. The Morgan fingerprint density at radius 1 is 1.27 bits per heavy atom. The number of phenolic OH excluding ortho intramolecular Hbond substituents is 1. The second-order valence-electron chi connectivity index (χ2n) is 2.16. The molecule has 0 fully saturated rings. The summed E-state index contributed by atoms with van der Waals surface area (Å²) in [6.45, 7) is 0. The number of nitrogen functional groups attached to an aromatic ring is 1. The Labute approximate surface area is 62.3 Å². The van der Waals surface area contributed by atoms with Crippen LogP contribution in [-0.4, -0.2) is 5.11 Å². The molecule has 11 heavy (non-hydrogen) atoms. The monoisotopic (exact) mass is 159 g/mol. The van der Waals surface area contributed by atoms with Crippen molar-refractivity contribution in [3.05, 3.63) is 23.8 Å². The third kappa shape index (κ3) is 1.80. The first kappa shape index (κ1) is 7.78. The minimum absolute atomic E-state index is 0.139. The van der Waals surface area contributed by atoms with Crippen LogP contribution in [0, 0.1) is 0 Å². The number of halogens is 2. The third-order valence-electron chi connectivity index (χ3n) is 1.21. The summed E-state index contributed by atoms with van der Waals surface area (Å²) in [5.74, 6) is -0.236. The van der Waals surface area contributed by atoms with Crippen molar-refractivity contribution in [1.29, 1.82) is 0 Å². The smallest absolute Gasteiger partial charge is 0.264 e. The van der Waals surface area contributed by atoms with Crippen molar-refractivity contribution in [2.24, 2.45) is 0 Å². The van der Waals surface area contributed by atoms with E-state index < -0.39 is 6.43 Å². The van der Waals surface area contributed by atoms with Crippen LogP contribution in [-0.2, 0) is 0 Å². The van der Waals surface area contributed by atoms with E-state index in [1.807, 2.05) is 0 Å². The fourth-order valence-corrected chi connectivity index (χ4v) is 0.785. The zero-order valence-corrected chi connectivity index (χ0v) is 5.59. The van der Waals surface area contributed by atoms with Gasteiger partial charge < -0.3 is 10.8 Å². The number of hydrogen-bond donors (Lipinski definition) is 2. The second-order valence-corrected chi connectivity index (χ2v) is 2.16. The van der Waals surface area contributed by atoms with Crippen molar-refractivity contribution in [2.45, 2.75) is 6.43 Å². The molecule has 0 radical (unpaired) electrons. The fraction of sp³-hybridized carbons (Fsp3) is 0.143. The molecule has 60 valence electrons. The lowest BCUT2D eigenvalue weighted by molar-refractivity contribution is 0.151. The fourth-order valence-electron chi connectivity index (χ4n) is 0.785. The predicted molar refractivity (Wildman–Crippen MR) is 37.5 cm³/mol. The van der Waals surface area contributed by atoms with Crippen molar-refractivity contribution in [1.82, 2.24) is 0 Å². The summed E-state index contributed by atoms with van der Waals surface area (Å²) in [4.78, 5) is 0. The molecule has 0 bridgehead atoms. The first-order chi connectivity index (χ1) is 5.09. The molecule has 0 aromatic heterocycles. The van der Waals surface area contributed by atoms with Gasteiger partial charge in [0.15, 0.2) is 0 Å². The van der Waals surface area contributed by atoms with Crippen LogP contribution in [0.2, 0.25) is 0 Å². The molecule has 0 spiro atoms. The van der Waals surface area contributed by atoms with Crippen LogP contribution < -0.4 is 5.73 Å². The molecule has 0 saturated heterocycles. The van der Waals surface area contributed by atoms with Crippen LogP contribution in [0.4, 0.5) is 14.5 Å². The maximum Gasteiger partial charge on any atom is 0.264 e. The molecule has 1 aromatic carbocycles. The third-order valence-corrected chi connectivity index (χ3v) is 1.21. The van der Waals surface area contributed by atoms with Crippen molar-refractivity contribution in [3.8, 4) is 5.75 Å². The number of alkyl halides is 2. The van der Waals surface area contributed by atoms with E-state index in [0.29, 0.717) is 0 Å². The van der Waals surface area contributed by atoms with Crippen molar-refractivity contribution < 1.29 is 13.9 Å². The van der Waals surface area contributed by atoms with Gasteiger partial charge in [-0.1, -0.05) is 0 Å². The summed E-state index contributed by atoms with van der Waals surface area (Å²) in [6.07, 6.45) is -2.59. The zero-order chi connectivity index (χ0) is 8.43. The van der Waals surface area contributed by atoms with Gasteiger partial charge in [-0.15, -0.1) is 0 Å². The van der Waals surface area contributed by atoms with Gasteiger partial charge >= 0.3 is 0 Å². The lowest BCUT2D eigenvalue weighted by atomic mass is 10.2. The van der Waals surface area contributed by atoms with Gasteiger partial charge in [-0.3, -0.25) is 0 Å². The van der Waals surface area contributed by atoms with Crippen molar-refractivity contribution >= 4 is 5.69 Å². The number of hydrogen-bond acceptors (Lipinski definition) is 2. The van der Waals surface area contributed by atoms with Crippen LogP contribution >= 0.6 is 0 Å². The van der Waals surface area contributed by atoms with Gasteiger partial charge in [0, 0.05) is 17.3 Å². The molecule has 0 atom stereocenters. The largest absolute Gasteiger partial charge is 0.508 e. The topological polar surface area (TPSA) is 46.2 Å². The maximum absolute atomic E-state index is 12.0. The standard InChI is InChI=1S/C7H7F2NO/c8-7(9)4-1-5(10)3-6(11)2-4/h1-3,7,11H,10H2. The van der Waals surface area contributed by atoms with E-state index in [1.165, 1.54) is 6.07 Å². The van der Waals surface area contributed by atoms with Gasteiger partial charge in [0.2, 0.25) is 0 Å². The van der Waals surface area contributed by atoms with E-state index in [2.05, 4.69) is 0 Å². The minimum atomic E-state index is -2.59. The molecule has 0 aliphatic carbocycles. The molecule has 0 saturated carbocycles. The molecule has 0 aliphatic heterocycles. The van der Waals surface area contributed by atoms with Crippen LogP contribution in [0.25, 0.3) is 0 Å². The van der Waals surface area contributed by atoms with E-state index in [1.54, 1.807) is 0 Å². The molecule has 0 amide bonds. The normalized spacial score (nSPS) is 10.5. The Hall–Kier alpha value is -1.32. The first-order valence-corrected chi connectivity index (χ1v) is 2.97. The summed E-state index contributed by atoms with van der Waals surface area (Å²) in [5.41, 5.74) is 5.08. The Kier molecular flexibility index (Phi) is 1.94. The van der Waals surface area contributed by atoms with Gasteiger partial charge in [-0.25, -0.2) is 8.78 Å². The van der Waals surface area contributed by atoms with Gasteiger partial charge in [-0.2, -0.15) is 0 Å². The van der Waals surface area contributed by atoms with Crippen LogP contribution in [0.3, 0.4) is 0 Å². The van der Waals surface area contributed by atoms with Crippen molar-refractivity contribution in [3.63, 3.8) is 0 Å². The average Bonchev–Trinajstić information content (AvgIpc) is 1.85. The SMILES string of the molecule is Nc1cc(O)cc(C(F)F)c1. The van der Waals surface area contributed by atoms with Gasteiger partial charge in [0.25, 0.3) is 6.43 Å². The molecule has 4 heteroatoms.